The molecule has 468 valence electrons. The van der Waals surface area contributed by atoms with E-state index >= 15 is 0 Å². The minimum atomic E-state index is -5.08. The number of sulfonamides is 1. The maximum Gasteiger partial charge on any atom is 0.490 e. The van der Waals surface area contributed by atoms with Gasteiger partial charge in [0.25, 0.3) is 5.91 Å². The van der Waals surface area contributed by atoms with Gasteiger partial charge in [-0.05, 0) is 117 Å². The minimum Gasteiger partial charge on any atom is -0.480 e. The molecule has 2 saturated heterocycles. The summed E-state index contributed by atoms with van der Waals surface area (Å²) in [5.41, 5.74) is 10.5. The number of benzene rings is 2. The Kier molecular flexibility index (Phi) is 25.6. The van der Waals surface area contributed by atoms with Crippen molar-refractivity contribution in [3.63, 3.8) is 0 Å². The number of pyridine rings is 1. The molecule has 0 bridgehead atoms. The van der Waals surface area contributed by atoms with Gasteiger partial charge in [0, 0.05) is 74.6 Å². The molecule has 0 radical (unpaired) electrons. The number of nitrogens with one attached hydrogen (secondary N) is 6. The molecule has 2 aromatic carbocycles. The van der Waals surface area contributed by atoms with Gasteiger partial charge < -0.3 is 58.1 Å². The minimum absolute atomic E-state index is 0.0991. The lowest BCUT2D eigenvalue weighted by Crippen LogP contribution is -2.57. The topological polar surface area (TPSA) is 372 Å². The van der Waals surface area contributed by atoms with Crippen LogP contribution in [0, 0.1) is 11.3 Å². The average molecular weight is 1250 g/mol. The Morgan fingerprint density at radius 3 is 1.92 bits per heavy atom. The summed E-state index contributed by atoms with van der Waals surface area (Å²) >= 11 is 5.58. The highest BCUT2D eigenvalue weighted by atomic mass is 35.5. The van der Waals surface area contributed by atoms with Crippen molar-refractivity contribution in [2.75, 3.05) is 44.6 Å². The first-order chi connectivity index (χ1) is 39.6. The number of carboxylic acids is 2. The first-order valence-electron chi connectivity index (χ1n) is 26.5. The quantitative estimate of drug-likeness (QED) is 0.0455. The zero-order chi connectivity index (χ0) is 63.6. The van der Waals surface area contributed by atoms with Crippen LogP contribution in [0.4, 0.5) is 32.0 Å². The lowest BCUT2D eigenvalue weighted by Gasteiger charge is -2.33. The number of carbonyl (C=O) groups excluding carboxylic acids is 7. The van der Waals surface area contributed by atoms with Gasteiger partial charge in [-0.25, -0.2) is 13.2 Å². The molecular formula is C53H68ClF6N11O13S. The number of aliphatic carboxylic acids is 2. The molecule has 85 heavy (non-hydrogen) atoms. The summed E-state index contributed by atoms with van der Waals surface area (Å²) in [5.74, 6) is -8.81. The number of carboxylic acid groups (broad SMARTS) is 2. The van der Waals surface area contributed by atoms with Crippen LogP contribution >= 0.6 is 11.6 Å². The third-order valence-corrected chi connectivity index (χ3v) is 15.2. The zero-order valence-electron chi connectivity index (χ0n) is 46.4. The highest BCUT2D eigenvalue weighted by Gasteiger charge is 2.40. The number of hydrogen-bond acceptors (Lipinski definition) is 14. The monoisotopic (exact) mass is 1250 g/mol. The van der Waals surface area contributed by atoms with Crippen molar-refractivity contribution in [1.82, 2.24) is 40.8 Å². The molecule has 1 aromatic heterocycles. The van der Waals surface area contributed by atoms with E-state index in [-0.39, 0.29) is 36.3 Å². The molecule has 0 spiro atoms. The predicted octanol–water partition coefficient (Wildman–Crippen LogP) is 2.94. The van der Waals surface area contributed by atoms with Gasteiger partial charge in [-0.2, -0.15) is 31.1 Å². The molecule has 3 aromatic rings. The summed E-state index contributed by atoms with van der Waals surface area (Å²) in [7, 11) is -4.87. The molecule has 12 N–H and O–H groups in total. The zero-order valence-corrected chi connectivity index (χ0v) is 47.9. The van der Waals surface area contributed by atoms with Crippen LogP contribution in [0.15, 0.2) is 71.9 Å². The van der Waals surface area contributed by atoms with E-state index in [4.69, 9.17) is 33.0 Å². The van der Waals surface area contributed by atoms with Crippen molar-refractivity contribution in [1.29, 1.82) is 0 Å². The SMILES string of the molecule is CC(C)(C)[C@H](NC(=O)[C@H](Cc1ccncc1)NC(=O)CNC(=O)CC[C@H](NS(=O)(=O)c1ccc(Cl)c(C(F)(F)F)c1)C(=O)O)C(=O)Nc1ccc(C(=O)N2CCC(C(=O)N[C@H](CCCCN)C(=O)N3CC[C@H](N)C3)CC2)cc1.O=C(O)C(F)(F)F. The van der Waals surface area contributed by atoms with Crippen LogP contribution in [0.3, 0.4) is 0 Å². The summed E-state index contributed by atoms with van der Waals surface area (Å²) in [6, 6.07) is 5.68. The van der Waals surface area contributed by atoms with Gasteiger partial charge in [-0.3, -0.25) is 43.3 Å². The van der Waals surface area contributed by atoms with Crippen LogP contribution in [0.25, 0.3) is 0 Å². The van der Waals surface area contributed by atoms with Gasteiger partial charge in [0.15, 0.2) is 0 Å². The van der Waals surface area contributed by atoms with Crippen molar-refractivity contribution < 1.29 is 88.1 Å². The number of anilines is 1. The molecule has 2 fully saturated rings. The third-order valence-electron chi connectivity index (χ3n) is 13.4. The lowest BCUT2D eigenvalue weighted by molar-refractivity contribution is -0.192. The number of unbranched alkanes of at least 4 members (excludes halogenated alkanes) is 1. The maximum absolute atomic E-state index is 14.0. The van der Waals surface area contributed by atoms with E-state index in [1.54, 1.807) is 47.4 Å². The largest absolute Gasteiger partial charge is 0.490 e. The molecule has 0 aliphatic carbocycles. The second kappa shape index (κ2) is 31.1. The van der Waals surface area contributed by atoms with E-state index in [1.165, 1.54) is 36.7 Å². The number of aromatic nitrogens is 1. The maximum atomic E-state index is 14.0. The first kappa shape index (κ1) is 70.0. The predicted molar refractivity (Wildman–Crippen MR) is 293 cm³/mol. The van der Waals surface area contributed by atoms with Crippen LogP contribution in [-0.2, 0) is 61.0 Å². The van der Waals surface area contributed by atoms with Crippen molar-refractivity contribution in [3.05, 3.63) is 88.7 Å². The van der Waals surface area contributed by atoms with E-state index in [9.17, 15) is 78.2 Å². The molecule has 32 heteroatoms. The van der Waals surface area contributed by atoms with Gasteiger partial charge in [-0.15, -0.1) is 0 Å². The fraction of sp³-hybridized carbons (Fsp3) is 0.509. The number of halogens is 7. The molecule has 5 atom stereocenters. The molecule has 2 aliphatic heterocycles. The average Bonchev–Trinajstić information content (AvgIpc) is 4.06. The van der Waals surface area contributed by atoms with Gasteiger partial charge in [0.1, 0.15) is 24.2 Å². The van der Waals surface area contributed by atoms with Crippen LogP contribution < -0.4 is 42.8 Å². The number of nitrogens with zero attached hydrogens (tertiary/aromatic N) is 3. The smallest absolute Gasteiger partial charge is 0.480 e. The number of rotatable bonds is 24. The number of alkyl halides is 6. The summed E-state index contributed by atoms with van der Waals surface area (Å²) in [4.78, 5) is 121. The summed E-state index contributed by atoms with van der Waals surface area (Å²) in [5, 5.41) is 29.2. The van der Waals surface area contributed by atoms with E-state index in [1.807, 2.05) is 0 Å². The summed E-state index contributed by atoms with van der Waals surface area (Å²) in [6.45, 7) is 6.40. The van der Waals surface area contributed by atoms with Crippen molar-refractivity contribution in [2.24, 2.45) is 22.8 Å². The lowest BCUT2D eigenvalue weighted by atomic mass is 9.85. The number of hydrogen-bond donors (Lipinski definition) is 10. The fourth-order valence-corrected chi connectivity index (χ4v) is 10.2. The molecule has 2 aliphatic rings. The molecule has 0 unspecified atom stereocenters. The summed E-state index contributed by atoms with van der Waals surface area (Å²) in [6.07, 6.45) is -5.32. The van der Waals surface area contributed by atoms with Crippen LogP contribution in [0.1, 0.15) is 93.6 Å². The molecule has 24 nitrogen and oxygen atoms in total. The molecule has 0 saturated carbocycles. The normalized spacial score (nSPS) is 16.3. The van der Waals surface area contributed by atoms with Crippen molar-refractivity contribution in [3.8, 4) is 0 Å². The Balaban J connectivity index is 0.00000208. The Morgan fingerprint density at radius 2 is 1.38 bits per heavy atom. The number of nitrogens with two attached hydrogens (primary N) is 2. The van der Waals surface area contributed by atoms with Crippen molar-refractivity contribution >= 4 is 80.6 Å². The van der Waals surface area contributed by atoms with Gasteiger partial charge >= 0.3 is 24.3 Å². The Labute approximate surface area is 489 Å². The number of likely N-dealkylation sites (tertiary alicyclic amines) is 2. The number of piperidine rings is 1. The van der Waals surface area contributed by atoms with Crippen molar-refractivity contribution in [2.45, 2.75) is 126 Å². The van der Waals surface area contributed by atoms with E-state index in [0.29, 0.717) is 94.1 Å². The first-order valence-corrected chi connectivity index (χ1v) is 28.4. The number of amides is 7. The van der Waals surface area contributed by atoms with Gasteiger partial charge in [0.05, 0.1) is 22.0 Å². The Hall–Kier alpha value is -7.48. The van der Waals surface area contributed by atoms with E-state index in [2.05, 4.69) is 31.6 Å². The highest BCUT2D eigenvalue weighted by molar-refractivity contribution is 7.89. The van der Waals surface area contributed by atoms with Crippen LogP contribution in [0.2, 0.25) is 5.02 Å². The second-order valence-corrected chi connectivity index (χ2v) is 23.2. The van der Waals surface area contributed by atoms with Crippen LogP contribution in [0.5, 0.6) is 0 Å². The second-order valence-electron chi connectivity index (χ2n) is 21.1. The molecule has 3 heterocycles. The number of carbonyl (C=O) groups is 9. The molecular weight excluding hydrogens is 1180 g/mol. The highest BCUT2D eigenvalue weighted by Crippen LogP contribution is 2.36. The fourth-order valence-electron chi connectivity index (χ4n) is 8.73. The van der Waals surface area contributed by atoms with E-state index in [0.717, 1.165) is 6.07 Å². The van der Waals surface area contributed by atoms with E-state index < -0.39 is 128 Å². The van der Waals surface area contributed by atoms with Gasteiger partial charge in [0.2, 0.25) is 45.5 Å². The van der Waals surface area contributed by atoms with Gasteiger partial charge in [-0.1, -0.05) is 32.4 Å². The standard InChI is InChI=1S/C51H67ClF3N11O11S.C2HF3O2/c1-50(2,3)43(46(71)60-34-9-7-32(8-10-34)47(72)65-23-17-31(18-24-65)44(69)62-38(6-4-5-20-56)48(73)66-25-19-33(57)29-66)63-45(70)40(26-30-15-21-58-22-16-30)61-42(68)28-59-41(67)14-13-39(49(74)75)64-78(76,77)35-11-12-37(52)36(27-35)51(53,54)55;3-2(4,5)1(6)7/h7-12,15-16,21-22,27,31,33,38-40,43,64H,4-6,13-14,17-20,23-26,28-29,56-57H2,1-3H3,(H,59,67)(H,60,71)(H,61,68)(H,62,69)(H,63,70)(H,74,75);(H,6,7)/t33-,38+,39-,40-,43+;/m0./s1. The third kappa shape index (κ3) is 22.1. The Morgan fingerprint density at radius 1 is 0.765 bits per heavy atom. The van der Waals surface area contributed by atoms with Crippen LogP contribution in [-0.4, -0.2) is 162 Å². The molecule has 7 amide bonds. The Bertz CT molecular complexity index is 2970. The summed E-state index contributed by atoms with van der Waals surface area (Å²) < 4.78 is 99.4. The molecule has 5 rings (SSSR count).